The van der Waals surface area contributed by atoms with E-state index in [2.05, 4.69) is 55.5 Å². The van der Waals surface area contributed by atoms with E-state index in [9.17, 15) is 0 Å². The van der Waals surface area contributed by atoms with Gasteiger partial charge in [0.2, 0.25) is 0 Å². The Morgan fingerprint density at radius 2 is 1.94 bits per heavy atom. The molecule has 1 rings (SSSR count). The Bertz CT molecular complexity index is 320. The minimum atomic E-state index is 0.205. The molecule has 0 saturated carbocycles. The number of hydrogen-bond donors (Lipinski definition) is 1. The summed E-state index contributed by atoms with van der Waals surface area (Å²) in [5, 5.41) is 15.4. The minimum absolute atomic E-state index is 0.205. The summed E-state index contributed by atoms with van der Waals surface area (Å²) < 4.78 is 1.92. The molecule has 0 saturated heterocycles. The highest BCUT2D eigenvalue weighted by Gasteiger charge is 2.15. The Balaban J connectivity index is 2.60. The van der Waals surface area contributed by atoms with E-state index in [0.717, 1.165) is 25.3 Å². The SMILES string of the molecule is CCC(C)Cn1nnnc1C(C)NCC(C)C. The molecule has 2 atom stereocenters. The van der Waals surface area contributed by atoms with E-state index in [0.29, 0.717) is 11.8 Å². The standard InChI is InChI=1S/C12H25N5/c1-6-10(4)8-17-12(14-15-16-17)11(5)13-7-9(2)3/h9-11,13H,6-8H2,1-5H3. The molecule has 5 nitrogen and oxygen atoms in total. The van der Waals surface area contributed by atoms with Gasteiger partial charge >= 0.3 is 0 Å². The number of nitrogens with one attached hydrogen (secondary N) is 1. The van der Waals surface area contributed by atoms with Gasteiger partial charge in [-0.1, -0.05) is 34.1 Å². The summed E-state index contributed by atoms with van der Waals surface area (Å²) >= 11 is 0. The first-order chi connectivity index (χ1) is 8.04. The normalized spacial score (nSPS) is 15.2. The van der Waals surface area contributed by atoms with Crippen LogP contribution in [0, 0.1) is 11.8 Å². The van der Waals surface area contributed by atoms with Crippen molar-refractivity contribution in [1.82, 2.24) is 25.5 Å². The van der Waals surface area contributed by atoms with Gasteiger partial charge in [-0.3, -0.25) is 0 Å². The molecule has 0 aliphatic carbocycles. The fourth-order valence-corrected chi connectivity index (χ4v) is 1.58. The van der Waals surface area contributed by atoms with E-state index >= 15 is 0 Å². The van der Waals surface area contributed by atoms with E-state index in [1.54, 1.807) is 0 Å². The Morgan fingerprint density at radius 1 is 1.24 bits per heavy atom. The Kier molecular flexibility index (Phi) is 5.55. The Labute approximate surface area is 104 Å². The van der Waals surface area contributed by atoms with Crippen LogP contribution in [0.25, 0.3) is 0 Å². The fourth-order valence-electron chi connectivity index (χ4n) is 1.58. The van der Waals surface area contributed by atoms with Crippen molar-refractivity contribution < 1.29 is 0 Å². The van der Waals surface area contributed by atoms with Crippen molar-refractivity contribution in [1.29, 1.82) is 0 Å². The minimum Gasteiger partial charge on any atom is -0.307 e. The molecule has 2 unspecified atom stereocenters. The van der Waals surface area contributed by atoms with Gasteiger partial charge in [-0.2, -0.15) is 0 Å². The third-order valence-electron chi connectivity index (χ3n) is 2.96. The number of nitrogens with zero attached hydrogens (tertiary/aromatic N) is 4. The second-order valence-corrected chi connectivity index (χ2v) is 5.26. The smallest absolute Gasteiger partial charge is 0.167 e. The van der Waals surface area contributed by atoms with Crippen LogP contribution in [0.15, 0.2) is 0 Å². The first-order valence-corrected chi connectivity index (χ1v) is 6.54. The predicted octanol–water partition coefficient (Wildman–Crippen LogP) is 2.03. The van der Waals surface area contributed by atoms with Crippen LogP contribution in [0.2, 0.25) is 0 Å². The molecule has 0 aliphatic rings. The van der Waals surface area contributed by atoms with Crippen LogP contribution in [0.1, 0.15) is 52.9 Å². The maximum Gasteiger partial charge on any atom is 0.167 e. The van der Waals surface area contributed by atoms with Gasteiger partial charge in [-0.05, 0) is 35.7 Å². The van der Waals surface area contributed by atoms with Crippen LogP contribution in [0.5, 0.6) is 0 Å². The largest absolute Gasteiger partial charge is 0.307 e. The van der Waals surface area contributed by atoms with E-state index in [4.69, 9.17) is 0 Å². The molecule has 0 amide bonds. The number of tetrazole rings is 1. The van der Waals surface area contributed by atoms with Crippen molar-refractivity contribution in [3.63, 3.8) is 0 Å². The Morgan fingerprint density at radius 3 is 2.53 bits per heavy atom. The van der Waals surface area contributed by atoms with Crippen LogP contribution in [0.4, 0.5) is 0 Å². The number of hydrogen-bond acceptors (Lipinski definition) is 4. The fraction of sp³-hybridized carbons (Fsp3) is 0.917. The van der Waals surface area contributed by atoms with Gasteiger partial charge in [0.15, 0.2) is 5.82 Å². The molecular formula is C12H25N5. The molecular weight excluding hydrogens is 214 g/mol. The summed E-state index contributed by atoms with van der Waals surface area (Å²) in [5.41, 5.74) is 0. The van der Waals surface area contributed by atoms with Crippen molar-refractivity contribution in [3.05, 3.63) is 5.82 Å². The second-order valence-electron chi connectivity index (χ2n) is 5.26. The highest BCUT2D eigenvalue weighted by atomic mass is 15.5. The maximum atomic E-state index is 4.12. The number of rotatable bonds is 7. The molecule has 1 N–H and O–H groups in total. The second kappa shape index (κ2) is 6.69. The van der Waals surface area contributed by atoms with Crippen LogP contribution in [-0.4, -0.2) is 26.8 Å². The highest BCUT2D eigenvalue weighted by molar-refractivity contribution is 4.89. The highest BCUT2D eigenvalue weighted by Crippen LogP contribution is 2.11. The van der Waals surface area contributed by atoms with Crippen LogP contribution in [0.3, 0.4) is 0 Å². The third-order valence-corrected chi connectivity index (χ3v) is 2.96. The van der Waals surface area contributed by atoms with E-state index in [1.165, 1.54) is 0 Å². The first-order valence-electron chi connectivity index (χ1n) is 6.54. The lowest BCUT2D eigenvalue weighted by molar-refractivity contribution is 0.396. The molecule has 0 aromatic carbocycles. The molecule has 1 aromatic rings. The van der Waals surface area contributed by atoms with Crippen molar-refractivity contribution in [2.75, 3.05) is 6.54 Å². The van der Waals surface area contributed by atoms with E-state index in [1.807, 2.05) is 4.68 Å². The molecule has 5 heteroatoms. The third kappa shape index (κ3) is 4.42. The lowest BCUT2D eigenvalue weighted by Crippen LogP contribution is -2.26. The van der Waals surface area contributed by atoms with Gasteiger partial charge in [0.25, 0.3) is 0 Å². The lowest BCUT2D eigenvalue weighted by Gasteiger charge is -2.16. The molecule has 0 aliphatic heterocycles. The van der Waals surface area contributed by atoms with Gasteiger partial charge in [-0.15, -0.1) is 5.10 Å². The molecule has 1 aromatic heterocycles. The van der Waals surface area contributed by atoms with Crippen LogP contribution < -0.4 is 5.32 Å². The summed E-state index contributed by atoms with van der Waals surface area (Å²) in [7, 11) is 0. The molecule has 0 spiro atoms. The number of aromatic nitrogens is 4. The van der Waals surface area contributed by atoms with Gasteiger partial charge in [0.1, 0.15) is 0 Å². The average Bonchev–Trinajstić information content (AvgIpc) is 2.73. The zero-order valence-electron chi connectivity index (χ0n) is 11.6. The first kappa shape index (κ1) is 14.1. The zero-order chi connectivity index (χ0) is 12.8. The van der Waals surface area contributed by atoms with E-state index in [-0.39, 0.29) is 6.04 Å². The summed E-state index contributed by atoms with van der Waals surface area (Å²) in [4.78, 5) is 0. The molecule has 98 valence electrons. The van der Waals surface area contributed by atoms with Crippen LogP contribution >= 0.6 is 0 Å². The van der Waals surface area contributed by atoms with Crippen molar-refractivity contribution >= 4 is 0 Å². The molecule has 1 heterocycles. The zero-order valence-corrected chi connectivity index (χ0v) is 11.6. The van der Waals surface area contributed by atoms with Gasteiger partial charge in [-0.25, -0.2) is 4.68 Å². The average molecular weight is 239 g/mol. The maximum absolute atomic E-state index is 4.12. The summed E-state index contributed by atoms with van der Waals surface area (Å²) in [6, 6.07) is 0.205. The van der Waals surface area contributed by atoms with Crippen LogP contribution in [-0.2, 0) is 6.54 Å². The monoisotopic (exact) mass is 239 g/mol. The van der Waals surface area contributed by atoms with Gasteiger partial charge < -0.3 is 5.32 Å². The molecule has 0 fully saturated rings. The van der Waals surface area contributed by atoms with Crippen molar-refractivity contribution in [2.24, 2.45) is 11.8 Å². The van der Waals surface area contributed by atoms with Crippen molar-refractivity contribution in [2.45, 2.75) is 53.6 Å². The summed E-state index contributed by atoms with van der Waals surface area (Å²) in [6.45, 7) is 12.8. The molecule has 0 bridgehead atoms. The summed E-state index contributed by atoms with van der Waals surface area (Å²) in [6.07, 6.45) is 1.15. The Hall–Kier alpha value is -0.970. The van der Waals surface area contributed by atoms with E-state index < -0.39 is 0 Å². The lowest BCUT2D eigenvalue weighted by atomic mass is 10.1. The molecule has 17 heavy (non-hydrogen) atoms. The van der Waals surface area contributed by atoms with Crippen molar-refractivity contribution in [3.8, 4) is 0 Å². The quantitative estimate of drug-likeness (QED) is 0.791. The van der Waals surface area contributed by atoms with Gasteiger partial charge in [0, 0.05) is 6.54 Å². The predicted molar refractivity (Wildman–Crippen MR) is 68.5 cm³/mol. The summed E-state index contributed by atoms with van der Waals surface area (Å²) in [5.74, 6) is 2.18. The topological polar surface area (TPSA) is 55.6 Å². The molecule has 0 radical (unpaired) electrons. The van der Waals surface area contributed by atoms with Gasteiger partial charge in [0.05, 0.1) is 6.04 Å².